The maximum Gasteiger partial charge on any atom is 0.241 e. The van der Waals surface area contributed by atoms with E-state index >= 15 is 0 Å². The van der Waals surface area contributed by atoms with Crippen LogP contribution in [0.3, 0.4) is 0 Å². The summed E-state index contributed by atoms with van der Waals surface area (Å²) in [5, 5.41) is 2.81. The Labute approximate surface area is 131 Å². The summed E-state index contributed by atoms with van der Waals surface area (Å²) in [6.07, 6.45) is 1.51. The lowest BCUT2D eigenvalue weighted by molar-refractivity contribution is -0.117. The zero-order valence-electron chi connectivity index (χ0n) is 12.8. The molecular weight excluding hydrogens is 302 g/mol. The van der Waals surface area contributed by atoms with Crippen molar-refractivity contribution in [2.75, 3.05) is 34.8 Å². The molecule has 1 heterocycles. The van der Waals surface area contributed by atoms with E-state index in [4.69, 9.17) is 5.73 Å². The number of rotatable bonds is 5. The number of carbonyl (C=O) groups excluding carboxylic acids is 1. The summed E-state index contributed by atoms with van der Waals surface area (Å²) in [7, 11) is -2.90. The fourth-order valence-corrected chi connectivity index (χ4v) is 3.63. The molecule has 1 fully saturated rings. The predicted octanol–water partition coefficient (Wildman–Crippen LogP) is 0.987. The van der Waals surface area contributed by atoms with Gasteiger partial charge >= 0.3 is 0 Å². The number of hydrogen-bond donors (Lipinski definition) is 2. The number of nitrogens with two attached hydrogens (primary N) is 1. The van der Waals surface area contributed by atoms with E-state index in [2.05, 4.69) is 5.32 Å². The van der Waals surface area contributed by atoms with Gasteiger partial charge in [-0.05, 0) is 24.6 Å². The Balaban J connectivity index is 2.03. The van der Waals surface area contributed by atoms with Crippen LogP contribution in [0.1, 0.15) is 19.8 Å². The van der Waals surface area contributed by atoms with Gasteiger partial charge in [-0.15, -0.1) is 0 Å². The average molecular weight is 325 g/mol. The number of hydrogen-bond acceptors (Lipinski definition) is 5. The third-order valence-corrected chi connectivity index (χ3v) is 5.37. The van der Waals surface area contributed by atoms with E-state index in [1.807, 2.05) is 30.0 Å². The van der Waals surface area contributed by atoms with E-state index in [1.165, 1.54) is 0 Å². The Kier molecular flexibility index (Phi) is 5.42. The predicted molar refractivity (Wildman–Crippen MR) is 88.8 cm³/mol. The molecule has 1 unspecified atom stereocenters. The second-order valence-electron chi connectivity index (χ2n) is 5.57. The summed E-state index contributed by atoms with van der Waals surface area (Å²) < 4.78 is 23.0. The van der Waals surface area contributed by atoms with E-state index in [-0.39, 0.29) is 17.4 Å². The van der Waals surface area contributed by atoms with Crippen LogP contribution in [0.4, 0.5) is 11.4 Å². The Morgan fingerprint density at radius 2 is 2.05 bits per heavy atom. The van der Waals surface area contributed by atoms with Crippen molar-refractivity contribution in [3.63, 3.8) is 0 Å². The lowest BCUT2D eigenvalue weighted by Crippen LogP contribution is -2.40. The van der Waals surface area contributed by atoms with Gasteiger partial charge in [0.1, 0.15) is 0 Å². The van der Waals surface area contributed by atoms with Crippen LogP contribution in [-0.2, 0) is 14.6 Å². The zero-order valence-corrected chi connectivity index (χ0v) is 13.6. The molecule has 3 N–H and O–H groups in total. The van der Waals surface area contributed by atoms with Crippen LogP contribution < -0.4 is 16.0 Å². The van der Waals surface area contributed by atoms with Crippen molar-refractivity contribution in [3.8, 4) is 0 Å². The quantitative estimate of drug-likeness (QED) is 0.842. The molecule has 0 saturated carbocycles. The molecule has 1 atom stereocenters. The van der Waals surface area contributed by atoms with E-state index < -0.39 is 15.9 Å². The molecule has 1 aromatic rings. The summed E-state index contributed by atoms with van der Waals surface area (Å²) in [5.41, 5.74) is 7.39. The third kappa shape index (κ3) is 4.45. The van der Waals surface area contributed by atoms with Gasteiger partial charge < -0.3 is 16.0 Å². The molecule has 7 heteroatoms. The maximum atomic E-state index is 11.9. The molecule has 6 nitrogen and oxygen atoms in total. The standard InChI is InChI=1S/C15H23N3O3S/c1-2-4-14(16)15(19)17-12-5-3-6-13(11-12)18-7-9-22(20,21)10-8-18/h3,5-6,11,14H,2,4,7-10,16H2,1H3,(H,17,19). The fourth-order valence-electron chi connectivity index (χ4n) is 2.43. The van der Waals surface area contributed by atoms with E-state index in [0.29, 0.717) is 25.2 Å². The van der Waals surface area contributed by atoms with Crippen LogP contribution in [0.25, 0.3) is 0 Å². The molecule has 0 spiro atoms. The highest BCUT2D eigenvalue weighted by Crippen LogP contribution is 2.21. The van der Waals surface area contributed by atoms with Crippen LogP contribution in [0.5, 0.6) is 0 Å². The molecule has 1 aliphatic heterocycles. The molecular formula is C15H23N3O3S. The highest BCUT2D eigenvalue weighted by atomic mass is 32.2. The Bertz CT molecular complexity index is 617. The minimum atomic E-state index is -2.90. The molecule has 1 aromatic carbocycles. The highest BCUT2D eigenvalue weighted by molar-refractivity contribution is 7.91. The van der Waals surface area contributed by atoms with Crippen LogP contribution in [0.15, 0.2) is 24.3 Å². The molecule has 1 saturated heterocycles. The first-order valence-electron chi connectivity index (χ1n) is 7.53. The van der Waals surface area contributed by atoms with Gasteiger partial charge in [-0.3, -0.25) is 4.79 Å². The van der Waals surface area contributed by atoms with Crippen molar-refractivity contribution in [2.45, 2.75) is 25.8 Å². The second kappa shape index (κ2) is 7.11. The van der Waals surface area contributed by atoms with E-state index in [1.54, 1.807) is 6.07 Å². The van der Waals surface area contributed by atoms with Crippen LogP contribution in [0, 0.1) is 0 Å². The van der Waals surface area contributed by atoms with Crippen molar-refractivity contribution in [1.29, 1.82) is 0 Å². The van der Waals surface area contributed by atoms with Crippen molar-refractivity contribution >= 4 is 27.1 Å². The van der Waals surface area contributed by atoms with E-state index in [9.17, 15) is 13.2 Å². The lowest BCUT2D eigenvalue weighted by atomic mass is 10.1. The first kappa shape index (κ1) is 16.8. The van der Waals surface area contributed by atoms with Crippen molar-refractivity contribution in [2.24, 2.45) is 5.73 Å². The number of benzene rings is 1. The number of anilines is 2. The summed E-state index contributed by atoms with van der Waals surface area (Å²) in [6.45, 7) is 2.95. The molecule has 0 aliphatic carbocycles. The smallest absolute Gasteiger partial charge is 0.241 e. The van der Waals surface area contributed by atoms with Gasteiger partial charge in [0, 0.05) is 24.5 Å². The first-order chi connectivity index (χ1) is 10.4. The lowest BCUT2D eigenvalue weighted by Gasteiger charge is -2.29. The monoisotopic (exact) mass is 325 g/mol. The topological polar surface area (TPSA) is 92.5 Å². The van der Waals surface area contributed by atoms with Gasteiger partial charge in [0.05, 0.1) is 17.5 Å². The SMILES string of the molecule is CCCC(N)C(=O)Nc1cccc(N2CCS(=O)(=O)CC2)c1. The first-order valence-corrected chi connectivity index (χ1v) is 9.35. The van der Waals surface area contributed by atoms with Gasteiger partial charge in [-0.2, -0.15) is 0 Å². The van der Waals surface area contributed by atoms with Gasteiger partial charge in [-0.1, -0.05) is 19.4 Å². The molecule has 0 aromatic heterocycles. The van der Waals surface area contributed by atoms with Crippen molar-refractivity contribution < 1.29 is 13.2 Å². The molecule has 2 rings (SSSR count). The molecule has 122 valence electrons. The van der Waals surface area contributed by atoms with Crippen LogP contribution in [-0.4, -0.2) is 45.0 Å². The van der Waals surface area contributed by atoms with E-state index in [0.717, 1.165) is 12.1 Å². The minimum Gasteiger partial charge on any atom is -0.369 e. The molecule has 0 radical (unpaired) electrons. The van der Waals surface area contributed by atoms with Gasteiger partial charge in [-0.25, -0.2) is 8.42 Å². The number of amides is 1. The van der Waals surface area contributed by atoms with Gasteiger partial charge in [0.2, 0.25) is 5.91 Å². The summed E-state index contributed by atoms with van der Waals surface area (Å²) >= 11 is 0. The summed E-state index contributed by atoms with van der Waals surface area (Å²) in [6, 6.07) is 6.92. The number of sulfone groups is 1. The van der Waals surface area contributed by atoms with Crippen molar-refractivity contribution in [3.05, 3.63) is 24.3 Å². The van der Waals surface area contributed by atoms with Gasteiger partial charge in [0.25, 0.3) is 0 Å². The Morgan fingerprint density at radius 3 is 2.68 bits per heavy atom. The van der Waals surface area contributed by atoms with Crippen molar-refractivity contribution in [1.82, 2.24) is 0 Å². The van der Waals surface area contributed by atoms with Crippen LogP contribution >= 0.6 is 0 Å². The largest absolute Gasteiger partial charge is 0.369 e. The third-order valence-electron chi connectivity index (χ3n) is 3.76. The Hall–Kier alpha value is -1.60. The minimum absolute atomic E-state index is 0.172. The molecule has 22 heavy (non-hydrogen) atoms. The number of carbonyl (C=O) groups is 1. The average Bonchev–Trinajstić information content (AvgIpc) is 2.47. The van der Waals surface area contributed by atoms with Gasteiger partial charge in [0.15, 0.2) is 9.84 Å². The molecule has 1 amide bonds. The highest BCUT2D eigenvalue weighted by Gasteiger charge is 2.22. The second-order valence-corrected chi connectivity index (χ2v) is 7.88. The summed E-state index contributed by atoms with van der Waals surface area (Å²) in [4.78, 5) is 14.0. The maximum absolute atomic E-state index is 11.9. The number of nitrogens with one attached hydrogen (secondary N) is 1. The normalized spacial score (nSPS) is 18.7. The van der Waals surface area contributed by atoms with Crippen LogP contribution in [0.2, 0.25) is 0 Å². The number of nitrogens with zero attached hydrogens (tertiary/aromatic N) is 1. The molecule has 1 aliphatic rings. The summed E-state index contributed by atoms with van der Waals surface area (Å²) in [5.74, 6) is 0.149. The zero-order chi connectivity index (χ0) is 16.2. The fraction of sp³-hybridized carbons (Fsp3) is 0.533. The molecule has 0 bridgehead atoms. The Morgan fingerprint density at radius 1 is 1.36 bits per heavy atom.